The SMILES string of the molecule is COc1cc([C@H]2CC(=O)Nc3c2c(C)nn3-c2nc(C)cc(C)n2)ccc1OCc1ccccc1C. The maximum absolute atomic E-state index is 12.8. The Labute approximate surface area is 210 Å². The summed E-state index contributed by atoms with van der Waals surface area (Å²) in [5.74, 6) is 2.05. The van der Waals surface area contributed by atoms with Crippen molar-refractivity contribution in [3.05, 3.63) is 87.9 Å². The number of nitrogens with zero attached hydrogens (tertiary/aromatic N) is 4. The van der Waals surface area contributed by atoms with Crippen LogP contribution < -0.4 is 14.8 Å². The molecule has 0 unspecified atom stereocenters. The summed E-state index contributed by atoms with van der Waals surface area (Å²) < 4.78 is 13.4. The number of anilines is 1. The van der Waals surface area contributed by atoms with Crippen LogP contribution in [0.1, 0.15) is 51.7 Å². The molecule has 2 aromatic heterocycles. The van der Waals surface area contributed by atoms with Crippen molar-refractivity contribution in [1.29, 1.82) is 0 Å². The van der Waals surface area contributed by atoms with Crippen LogP contribution in [0.15, 0.2) is 48.5 Å². The van der Waals surface area contributed by atoms with Gasteiger partial charge in [-0.1, -0.05) is 30.3 Å². The number of carbonyl (C=O) groups is 1. The van der Waals surface area contributed by atoms with Crippen LogP contribution in [0.2, 0.25) is 0 Å². The highest BCUT2D eigenvalue weighted by atomic mass is 16.5. The molecule has 1 aliphatic rings. The van der Waals surface area contributed by atoms with Gasteiger partial charge >= 0.3 is 0 Å². The first-order chi connectivity index (χ1) is 17.3. The summed E-state index contributed by atoms with van der Waals surface area (Å²) in [6.45, 7) is 8.28. The number of benzene rings is 2. The Morgan fingerprint density at radius 1 is 1.00 bits per heavy atom. The van der Waals surface area contributed by atoms with Crippen LogP contribution in [0.5, 0.6) is 11.5 Å². The van der Waals surface area contributed by atoms with Gasteiger partial charge in [0.1, 0.15) is 12.4 Å². The first kappa shape index (κ1) is 23.5. The largest absolute Gasteiger partial charge is 0.493 e. The van der Waals surface area contributed by atoms with E-state index >= 15 is 0 Å². The van der Waals surface area contributed by atoms with E-state index in [1.54, 1.807) is 11.8 Å². The van der Waals surface area contributed by atoms with E-state index in [0.717, 1.165) is 33.8 Å². The molecule has 8 heteroatoms. The van der Waals surface area contributed by atoms with Crippen molar-refractivity contribution in [3.8, 4) is 17.4 Å². The van der Waals surface area contributed by atoms with Crippen molar-refractivity contribution in [1.82, 2.24) is 19.7 Å². The Bertz CT molecular complexity index is 1440. The summed E-state index contributed by atoms with van der Waals surface area (Å²) >= 11 is 0. The number of carbonyl (C=O) groups excluding carboxylic acids is 1. The second kappa shape index (κ2) is 9.45. The van der Waals surface area contributed by atoms with Gasteiger partial charge in [-0.05, 0) is 62.6 Å². The van der Waals surface area contributed by atoms with E-state index in [2.05, 4.69) is 34.3 Å². The highest BCUT2D eigenvalue weighted by Gasteiger charge is 2.33. The van der Waals surface area contributed by atoms with Crippen LogP contribution in [0.3, 0.4) is 0 Å². The third-order valence-corrected chi connectivity index (χ3v) is 6.50. The quantitative estimate of drug-likeness (QED) is 0.417. The van der Waals surface area contributed by atoms with E-state index in [4.69, 9.17) is 14.6 Å². The van der Waals surface area contributed by atoms with Crippen LogP contribution in [0.25, 0.3) is 5.95 Å². The fourth-order valence-corrected chi connectivity index (χ4v) is 4.73. The first-order valence-electron chi connectivity index (χ1n) is 11.9. The molecule has 2 aromatic carbocycles. The molecule has 0 radical (unpaired) electrons. The molecule has 5 rings (SSSR count). The zero-order valence-corrected chi connectivity index (χ0v) is 21.1. The van der Waals surface area contributed by atoms with E-state index in [0.29, 0.717) is 36.3 Å². The minimum atomic E-state index is -0.187. The van der Waals surface area contributed by atoms with Gasteiger partial charge in [0, 0.05) is 29.3 Å². The molecule has 1 aliphatic heterocycles. The van der Waals surface area contributed by atoms with Crippen molar-refractivity contribution in [3.63, 3.8) is 0 Å². The standard InChI is InChI=1S/C28H29N5O3/c1-16-8-6-7-9-21(16)15-36-23-11-10-20(13-24(23)35-5)22-14-25(34)31-27-26(22)19(4)32-33(27)28-29-17(2)12-18(3)30-28/h6-13,22H,14-15H2,1-5H3,(H,31,34)/t22-/m1/s1. The average molecular weight is 484 g/mol. The normalized spacial score (nSPS) is 14.8. The molecule has 1 atom stereocenters. The zero-order valence-electron chi connectivity index (χ0n) is 21.1. The van der Waals surface area contributed by atoms with Crippen molar-refractivity contribution in [2.75, 3.05) is 12.4 Å². The summed E-state index contributed by atoms with van der Waals surface area (Å²) in [6.07, 6.45) is 0.305. The Kier molecular flexibility index (Phi) is 6.18. The summed E-state index contributed by atoms with van der Waals surface area (Å²) in [7, 11) is 1.62. The van der Waals surface area contributed by atoms with Crippen LogP contribution in [0.4, 0.5) is 5.82 Å². The number of aryl methyl sites for hydroxylation is 4. The second-order valence-electron chi connectivity index (χ2n) is 9.14. The van der Waals surface area contributed by atoms with Gasteiger partial charge < -0.3 is 14.8 Å². The molecule has 184 valence electrons. The number of hydrogen-bond acceptors (Lipinski definition) is 6. The molecule has 0 saturated heterocycles. The third kappa shape index (κ3) is 4.42. The fraction of sp³-hybridized carbons (Fsp3) is 0.286. The lowest BCUT2D eigenvalue weighted by Gasteiger charge is -2.25. The average Bonchev–Trinajstić information content (AvgIpc) is 3.18. The molecular formula is C28H29N5O3. The van der Waals surface area contributed by atoms with Gasteiger partial charge in [0.15, 0.2) is 11.5 Å². The molecule has 0 saturated carbocycles. The third-order valence-electron chi connectivity index (χ3n) is 6.50. The predicted octanol–water partition coefficient (Wildman–Crippen LogP) is 4.96. The number of methoxy groups -OCH3 is 1. The molecule has 8 nitrogen and oxygen atoms in total. The number of amides is 1. The smallest absolute Gasteiger partial charge is 0.252 e. The van der Waals surface area contributed by atoms with Crippen molar-refractivity contribution < 1.29 is 14.3 Å². The van der Waals surface area contributed by atoms with Gasteiger partial charge in [-0.2, -0.15) is 9.78 Å². The fourth-order valence-electron chi connectivity index (χ4n) is 4.73. The molecule has 4 aromatic rings. The van der Waals surface area contributed by atoms with Gasteiger partial charge in [-0.15, -0.1) is 0 Å². The molecule has 1 N–H and O–H groups in total. The van der Waals surface area contributed by atoms with Crippen LogP contribution in [-0.2, 0) is 11.4 Å². The van der Waals surface area contributed by atoms with Crippen LogP contribution >= 0.6 is 0 Å². The highest BCUT2D eigenvalue weighted by molar-refractivity contribution is 5.95. The molecule has 1 amide bonds. The van der Waals surface area contributed by atoms with Gasteiger partial charge in [0.05, 0.1) is 12.8 Å². The number of rotatable bonds is 6. The van der Waals surface area contributed by atoms with E-state index in [1.807, 2.05) is 57.2 Å². The Morgan fingerprint density at radius 2 is 1.75 bits per heavy atom. The van der Waals surface area contributed by atoms with Crippen molar-refractivity contribution >= 4 is 11.7 Å². The summed E-state index contributed by atoms with van der Waals surface area (Å²) in [4.78, 5) is 21.9. The minimum absolute atomic E-state index is 0.0862. The monoisotopic (exact) mass is 483 g/mol. The topological polar surface area (TPSA) is 91.2 Å². The molecular weight excluding hydrogens is 454 g/mol. The predicted molar refractivity (Wildman–Crippen MR) is 137 cm³/mol. The molecule has 36 heavy (non-hydrogen) atoms. The summed E-state index contributed by atoms with van der Waals surface area (Å²) in [5.41, 5.74) is 6.69. The number of fused-ring (bicyclic) bond motifs is 1. The van der Waals surface area contributed by atoms with Gasteiger partial charge in [-0.25, -0.2) is 9.97 Å². The van der Waals surface area contributed by atoms with Gasteiger partial charge in [0.2, 0.25) is 5.91 Å². The summed E-state index contributed by atoms with van der Waals surface area (Å²) in [6, 6.07) is 15.9. The van der Waals surface area contributed by atoms with Crippen molar-refractivity contribution in [2.45, 2.75) is 46.6 Å². The lowest BCUT2D eigenvalue weighted by molar-refractivity contribution is -0.116. The van der Waals surface area contributed by atoms with E-state index in [9.17, 15) is 4.79 Å². The molecule has 0 bridgehead atoms. The maximum atomic E-state index is 12.8. The van der Waals surface area contributed by atoms with E-state index in [-0.39, 0.29) is 11.8 Å². The number of hydrogen-bond donors (Lipinski definition) is 1. The van der Waals surface area contributed by atoms with E-state index in [1.165, 1.54) is 5.56 Å². The number of ether oxygens (including phenoxy) is 2. The lowest BCUT2D eigenvalue weighted by atomic mass is 9.85. The van der Waals surface area contributed by atoms with Crippen molar-refractivity contribution in [2.24, 2.45) is 0 Å². The molecule has 0 fully saturated rings. The number of nitrogens with one attached hydrogen (secondary N) is 1. The first-order valence-corrected chi connectivity index (χ1v) is 11.9. The Morgan fingerprint density at radius 3 is 2.47 bits per heavy atom. The highest BCUT2D eigenvalue weighted by Crippen LogP contribution is 2.42. The molecule has 0 aliphatic carbocycles. The summed E-state index contributed by atoms with van der Waals surface area (Å²) in [5, 5.41) is 7.70. The molecule has 0 spiro atoms. The molecule has 3 heterocycles. The van der Waals surface area contributed by atoms with E-state index < -0.39 is 0 Å². The lowest BCUT2D eigenvalue weighted by Crippen LogP contribution is -2.25. The second-order valence-corrected chi connectivity index (χ2v) is 9.14. The van der Waals surface area contributed by atoms with Crippen LogP contribution in [-0.4, -0.2) is 32.8 Å². The Hall–Kier alpha value is -4.20. The minimum Gasteiger partial charge on any atom is -0.493 e. The Balaban J connectivity index is 1.50. The zero-order chi connectivity index (χ0) is 25.4. The maximum Gasteiger partial charge on any atom is 0.252 e. The number of aromatic nitrogens is 4. The van der Waals surface area contributed by atoms with Gasteiger partial charge in [0.25, 0.3) is 5.95 Å². The van der Waals surface area contributed by atoms with Gasteiger partial charge in [-0.3, -0.25) is 4.79 Å². The van der Waals surface area contributed by atoms with Crippen LogP contribution in [0, 0.1) is 27.7 Å².